The third-order valence-electron chi connectivity index (χ3n) is 4.79. The first-order chi connectivity index (χ1) is 8.07. The van der Waals surface area contributed by atoms with Crippen LogP contribution < -0.4 is 5.73 Å². The van der Waals surface area contributed by atoms with E-state index in [0.29, 0.717) is 12.0 Å². The van der Waals surface area contributed by atoms with Gasteiger partial charge in [0.25, 0.3) is 0 Å². The number of nitrogens with zero attached hydrogens (tertiary/aromatic N) is 1. The first-order valence-corrected chi connectivity index (χ1v) is 7.58. The Morgan fingerprint density at radius 1 is 0.882 bits per heavy atom. The fraction of sp³-hybridized carbons (Fsp3) is 1.00. The van der Waals surface area contributed by atoms with Gasteiger partial charge in [-0.3, -0.25) is 4.90 Å². The van der Waals surface area contributed by atoms with Crippen LogP contribution in [0.4, 0.5) is 0 Å². The van der Waals surface area contributed by atoms with Gasteiger partial charge in [0.05, 0.1) is 0 Å². The lowest BCUT2D eigenvalue weighted by atomic mass is 9.75. The molecule has 0 saturated heterocycles. The van der Waals surface area contributed by atoms with E-state index in [1.165, 1.54) is 12.8 Å². The SMILES string of the molecule is CCC(CC)C(N)C(CC)(CC)N(CC)CC. The molecule has 104 valence electrons. The molecule has 0 aromatic heterocycles. The van der Waals surface area contributed by atoms with E-state index >= 15 is 0 Å². The molecule has 0 spiro atoms. The molecule has 1 atom stereocenters. The Labute approximate surface area is 109 Å². The summed E-state index contributed by atoms with van der Waals surface area (Å²) in [6.45, 7) is 15.8. The van der Waals surface area contributed by atoms with E-state index in [1.807, 2.05) is 0 Å². The summed E-state index contributed by atoms with van der Waals surface area (Å²) < 4.78 is 0. The summed E-state index contributed by atoms with van der Waals surface area (Å²) in [5.74, 6) is 0.649. The van der Waals surface area contributed by atoms with Crippen molar-refractivity contribution in [2.24, 2.45) is 11.7 Å². The quantitative estimate of drug-likeness (QED) is 0.669. The maximum Gasteiger partial charge on any atom is 0.0357 e. The number of likely N-dealkylation sites (N-methyl/N-ethyl adjacent to an activating group) is 1. The summed E-state index contributed by atoms with van der Waals surface area (Å²) in [4.78, 5) is 2.58. The standard InChI is InChI=1S/C15H34N2/c1-7-13(8-2)14(16)15(9-3,10-4)17(11-5)12-6/h13-14H,7-12,16H2,1-6H3. The lowest BCUT2D eigenvalue weighted by Crippen LogP contribution is -2.61. The molecular weight excluding hydrogens is 208 g/mol. The largest absolute Gasteiger partial charge is 0.326 e. The van der Waals surface area contributed by atoms with Crippen LogP contribution >= 0.6 is 0 Å². The lowest BCUT2D eigenvalue weighted by Gasteiger charge is -2.49. The van der Waals surface area contributed by atoms with Crippen molar-refractivity contribution < 1.29 is 0 Å². The first kappa shape index (κ1) is 16.9. The minimum absolute atomic E-state index is 0.195. The minimum Gasteiger partial charge on any atom is -0.326 e. The van der Waals surface area contributed by atoms with Gasteiger partial charge in [0.15, 0.2) is 0 Å². The number of hydrogen-bond acceptors (Lipinski definition) is 2. The second-order valence-electron chi connectivity index (χ2n) is 5.09. The van der Waals surface area contributed by atoms with Crippen molar-refractivity contribution in [3.63, 3.8) is 0 Å². The molecule has 0 heterocycles. The number of nitrogens with two attached hydrogens (primary N) is 1. The molecule has 0 aliphatic heterocycles. The normalized spacial score (nSPS) is 14.6. The summed E-state index contributed by atoms with van der Waals surface area (Å²) >= 11 is 0. The van der Waals surface area contributed by atoms with Crippen LogP contribution in [0.1, 0.15) is 67.2 Å². The zero-order valence-corrected chi connectivity index (χ0v) is 12.9. The van der Waals surface area contributed by atoms with Gasteiger partial charge in [-0.1, -0.05) is 54.4 Å². The van der Waals surface area contributed by atoms with Crippen LogP contribution in [0, 0.1) is 5.92 Å². The van der Waals surface area contributed by atoms with E-state index < -0.39 is 0 Å². The molecule has 2 nitrogen and oxygen atoms in total. The van der Waals surface area contributed by atoms with Crippen molar-refractivity contribution in [3.8, 4) is 0 Å². The van der Waals surface area contributed by atoms with Gasteiger partial charge in [-0.2, -0.15) is 0 Å². The molecule has 0 rings (SSSR count). The summed E-state index contributed by atoms with van der Waals surface area (Å²) in [6, 6.07) is 0.299. The van der Waals surface area contributed by atoms with Crippen molar-refractivity contribution >= 4 is 0 Å². The predicted molar refractivity (Wildman–Crippen MR) is 78.3 cm³/mol. The van der Waals surface area contributed by atoms with Crippen molar-refractivity contribution in [3.05, 3.63) is 0 Å². The monoisotopic (exact) mass is 242 g/mol. The average molecular weight is 242 g/mol. The van der Waals surface area contributed by atoms with E-state index in [4.69, 9.17) is 5.73 Å². The third kappa shape index (κ3) is 3.45. The first-order valence-electron chi connectivity index (χ1n) is 7.58. The van der Waals surface area contributed by atoms with Crippen molar-refractivity contribution in [1.82, 2.24) is 4.90 Å². The Hall–Kier alpha value is -0.0800. The Kier molecular flexibility index (Phi) is 8.06. The average Bonchev–Trinajstić information content (AvgIpc) is 2.37. The van der Waals surface area contributed by atoms with Gasteiger partial charge in [0, 0.05) is 11.6 Å². The van der Waals surface area contributed by atoms with E-state index in [1.54, 1.807) is 0 Å². The van der Waals surface area contributed by atoms with Crippen LogP contribution in [-0.4, -0.2) is 29.6 Å². The van der Waals surface area contributed by atoms with Gasteiger partial charge in [-0.05, 0) is 31.8 Å². The van der Waals surface area contributed by atoms with Crippen LogP contribution in [0.15, 0.2) is 0 Å². The molecule has 0 fully saturated rings. The van der Waals surface area contributed by atoms with E-state index in [9.17, 15) is 0 Å². The molecule has 0 saturated carbocycles. The van der Waals surface area contributed by atoms with Crippen LogP contribution in [-0.2, 0) is 0 Å². The van der Waals surface area contributed by atoms with E-state index in [2.05, 4.69) is 46.4 Å². The van der Waals surface area contributed by atoms with Crippen LogP contribution in [0.2, 0.25) is 0 Å². The Morgan fingerprint density at radius 2 is 1.29 bits per heavy atom. The fourth-order valence-electron chi connectivity index (χ4n) is 3.47. The summed E-state index contributed by atoms with van der Waals surface area (Å²) in [7, 11) is 0. The molecule has 0 radical (unpaired) electrons. The van der Waals surface area contributed by atoms with Gasteiger partial charge in [-0.25, -0.2) is 0 Å². The molecule has 0 amide bonds. The summed E-state index contributed by atoms with van der Waals surface area (Å²) in [6.07, 6.45) is 4.70. The van der Waals surface area contributed by atoms with Crippen LogP contribution in [0.25, 0.3) is 0 Å². The van der Waals surface area contributed by atoms with Crippen molar-refractivity contribution in [1.29, 1.82) is 0 Å². The lowest BCUT2D eigenvalue weighted by molar-refractivity contribution is 0.0402. The predicted octanol–water partition coefficient (Wildman–Crippen LogP) is 3.65. The molecule has 1 unspecified atom stereocenters. The summed E-state index contributed by atoms with van der Waals surface area (Å²) in [5, 5.41) is 0. The third-order valence-corrected chi connectivity index (χ3v) is 4.79. The maximum atomic E-state index is 6.65. The highest BCUT2D eigenvalue weighted by Crippen LogP contribution is 2.32. The van der Waals surface area contributed by atoms with Gasteiger partial charge < -0.3 is 5.73 Å². The van der Waals surface area contributed by atoms with E-state index in [-0.39, 0.29) is 5.54 Å². The van der Waals surface area contributed by atoms with Gasteiger partial charge in [-0.15, -0.1) is 0 Å². The maximum absolute atomic E-state index is 6.65. The molecule has 0 aromatic carbocycles. The highest BCUT2D eigenvalue weighted by Gasteiger charge is 2.40. The molecule has 2 heteroatoms. The highest BCUT2D eigenvalue weighted by molar-refractivity contribution is 4.99. The molecule has 0 aromatic rings. The zero-order chi connectivity index (χ0) is 13.5. The Morgan fingerprint density at radius 3 is 1.53 bits per heavy atom. The van der Waals surface area contributed by atoms with Gasteiger partial charge in [0.2, 0.25) is 0 Å². The molecule has 0 aliphatic carbocycles. The molecule has 0 aliphatic rings. The fourth-order valence-corrected chi connectivity index (χ4v) is 3.47. The summed E-state index contributed by atoms with van der Waals surface area (Å²) in [5.41, 5.74) is 6.84. The van der Waals surface area contributed by atoms with Crippen LogP contribution in [0.5, 0.6) is 0 Å². The molecule has 2 N–H and O–H groups in total. The Bertz CT molecular complexity index is 179. The molecule has 0 bridgehead atoms. The topological polar surface area (TPSA) is 29.3 Å². The van der Waals surface area contributed by atoms with Crippen molar-refractivity contribution in [2.75, 3.05) is 13.1 Å². The minimum atomic E-state index is 0.195. The second-order valence-corrected chi connectivity index (χ2v) is 5.09. The number of hydrogen-bond donors (Lipinski definition) is 1. The smallest absolute Gasteiger partial charge is 0.0357 e. The van der Waals surface area contributed by atoms with Crippen molar-refractivity contribution in [2.45, 2.75) is 78.8 Å². The molecular formula is C15H34N2. The van der Waals surface area contributed by atoms with E-state index in [0.717, 1.165) is 25.9 Å². The Balaban J connectivity index is 5.15. The van der Waals surface area contributed by atoms with Gasteiger partial charge >= 0.3 is 0 Å². The second kappa shape index (κ2) is 8.10. The zero-order valence-electron chi connectivity index (χ0n) is 12.9. The number of rotatable bonds is 9. The van der Waals surface area contributed by atoms with Gasteiger partial charge in [0.1, 0.15) is 0 Å². The van der Waals surface area contributed by atoms with Crippen LogP contribution in [0.3, 0.4) is 0 Å². The highest BCUT2D eigenvalue weighted by atomic mass is 15.2. The molecule has 17 heavy (non-hydrogen) atoms.